The van der Waals surface area contributed by atoms with Crippen molar-refractivity contribution in [3.8, 4) is 11.3 Å². The predicted molar refractivity (Wildman–Crippen MR) is 91.2 cm³/mol. The Hall–Kier alpha value is -3.16. The number of benzene rings is 2. The van der Waals surface area contributed by atoms with Gasteiger partial charge in [-0.3, -0.25) is 9.89 Å². The third-order valence-corrected chi connectivity index (χ3v) is 4.00. The van der Waals surface area contributed by atoms with E-state index in [9.17, 15) is 22.4 Å². The summed E-state index contributed by atoms with van der Waals surface area (Å²) in [5.74, 6) is -0.738. The molecule has 0 bridgehead atoms. The van der Waals surface area contributed by atoms with Crippen LogP contribution in [0.5, 0.6) is 0 Å². The van der Waals surface area contributed by atoms with Gasteiger partial charge in [0.05, 0.1) is 11.3 Å². The van der Waals surface area contributed by atoms with E-state index in [4.69, 9.17) is 0 Å². The van der Waals surface area contributed by atoms with Crippen molar-refractivity contribution in [2.45, 2.75) is 12.7 Å². The highest BCUT2D eigenvalue weighted by atomic mass is 19.4. The molecule has 140 valence electrons. The molecule has 3 rings (SSSR count). The first-order chi connectivity index (χ1) is 12.7. The average Bonchev–Trinajstić information content (AvgIpc) is 3.11. The first kappa shape index (κ1) is 18.6. The molecular formula is C19H15F4N3O. The Morgan fingerprint density at radius 2 is 1.70 bits per heavy atom. The van der Waals surface area contributed by atoms with Gasteiger partial charge in [0, 0.05) is 19.2 Å². The first-order valence-electron chi connectivity index (χ1n) is 7.97. The van der Waals surface area contributed by atoms with Crippen LogP contribution in [-0.2, 0) is 12.7 Å². The maximum Gasteiger partial charge on any atom is 0.416 e. The predicted octanol–water partition coefficient (Wildman–Crippen LogP) is 4.51. The minimum Gasteiger partial charge on any atom is -0.336 e. The molecule has 8 heteroatoms. The van der Waals surface area contributed by atoms with Crippen LogP contribution in [0.15, 0.2) is 54.6 Å². The van der Waals surface area contributed by atoms with Crippen molar-refractivity contribution >= 4 is 5.91 Å². The van der Waals surface area contributed by atoms with Crippen LogP contribution < -0.4 is 0 Å². The molecule has 0 saturated heterocycles. The Morgan fingerprint density at radius 1 is 1.07 bits per heavy atom. The fraction of sp³-hybridized carbons (Fsp3) is 0.158. The van der Waals surface area contributed by atoms with Gasteiger partial charge in [0.15, 0.2) is 0 Å². The van der Waals surface area contributed by atoms with Crippen LogP contribution >= 0.6 is 0 Å². The second-order valence-electron chi connectivity index (χ2n) is 6.03. The highest BCUT2D eigenvalue weighted by molar-refractivity contribution is 5.93. The zero-order chi connectivity index (χ0) is 19.6. The molecule has 1 heterocycles. The maximum atomic E-state index is 13.0. The number of carbonyl (C=O) groups excluding carboxylic acids is 1. The van der Waals surface area contributed by atoms with Gasteiger partial charge in [0.25, 0.3) is 5.91 Å². The lowest BCUT2D eigenvalue weighted by Gasteiger charge is -2.16. The summed E-state index contributed by atoms with van der Waals surface area (Å²) in [6, 6.07) is 11.9. The van der Waals surface area contributed by atoms with Crippen LogP contribution in [0, 0.1) is 5.82 Å². The third kappa shape index (κ3) is 4.33. The van der Waals surface area contributed by atoms with Gasteiger partial charge in [-0.05, 0) is 48.0 Å². The number of alkyl halides is 3. The minimum absolute atomic E-state index is 0.141. The van der Waals surface area contributed by atoms with Gasteiger partial charge >= 0.3 is 6.18 Å². The zero-order valence-electron chi connectivity index (χ0n) is 14.2. The van der Waals surface area contributed by atoms with E-state index in [1.165, 1.54) is 29.2 Å². The van der Waals surface area contributed by atoms with Crippen molar-refractivity contribution in [1.82, 2.24) is 15.1 Å². The number of rotatable bonds is 4. The maximum absolute atomic E-state index is 13.0. The van der Waals surface area contributed by atoms with E-state index < -0.39 is 11.7 Å². The van der Waals surface area contributed by atoms with Crippen LogP contribution in [0.25, 0.3) is 11.3 Å². The summed E-state index contributed by atoms with van der Waals surface area (Å²) in [6.45, 7) is 0.141. The lowest BCUT2D eigenvalue weighted by Crippen LogP contribution is -2.26. The van der Waals surface area contributed by atoms with Crippen LogP contribution in [0.2, 0.25) is 0 Å². The molecule has 0 aliphatic heterocycles. The lowest BCUT2D eigenvalue weighted by atomic mass is 10.1. The van der Waals surface area contributed by atoms with Gasteiger partial charge in [-0.1, -0.05) is 12.1 Å². The first-order valence-corrected chi connectivity index (χ1v) is 7.97. The smallest absolute Gasteiger partial charge is 0.336 e. The van der Waals surface area contributed by atoms with Crippen LogP contribution in [-0.4, -0.2) is 28.1 Å². The molecule has 0 atom stereocenters. The normalized spacial score (nSPS) is 11.4. The Balaban J connectivity index is 1.69. The van der Waals surface area contributed by atoms with Gasteiger partial charge in [0.1, 0.15) is 11.5 Å². The summed E-state index contributed by atoms with van der Waals surface area (Å²) in [5.41, 5.74) is 1.19. The summed E-state index contributed by atoms with van der Waals surface area (Å²) in [4.78, 5) is 13.9. The second kappa shape index (κ2) is 7.22. The van der Waals surface area contributed by atoms with Gasteiger partial charge in [-0.25, -0.2) is 4.39 Å². The Bertz CT molecular complexity index is 931. The van der Waals surface area contributed by atoms with Crippen LogP contribution in [0.4, 0.5) is 17.6 Å². The number of aromatic nitrogens is 2. The number of nitrogens with zero attached hydrogens (tertiary/aromatic N) is 2. The van der Waals surface area contributed by atoms with Crippen molar-refractivity contribution in [3.05, 3.63) is 77.2 Å². The standard InChI is InChI=1S/C19H15F4N3O/c1-26(11-12-2-6-14(7-3-12)19(21,22)23)18(27)17-10-16(24-25-17)13-4-8-15(20)9-5-13/h2-10H,11H2,1H3,(H,24,25). The molecule has 27 heavy (non-hydrogen) atoms. The van der Waals surface area contributed by atoms with Crippen molar-refractivity contribution in [1.29, 1.82) is 0 Å². The number of hydrogen-bond acceptors (Lipinski definition) is 2. The molecule has 1 amide bonds. The van der Waals surface area contributed by atoms with Gasteiger partial charge in [0.2, 0.25) is 0 Å². The average molecular weight is 377 g/mol. The third-order valence-electron chi connectivity index (χ3n) is 4.00. The van der Waals surface area contributed by atoms with E-state index in [0.29, 0.717) is 16.8 Å². The molecule has 0 fully saturated rings. The fourth-order valence-corrected chi connectivity index (χ4v) is 2.55. The minimum atomic E-state index is -4.40. The van der Waals surface area contributed by atoms with Gasteiger partial charge in [-0.2, -0.15) is 18.3 Å². The number of hydrogen-bond donors (Lipinski definition) is 1. The summed E-state index contributed by atoms with van der Waals surface area (Å²) < 4.78 is 50.8. The van der Waals surface area contributed by atoms with Gasteiger partial charge < -0.3 is 4.90 Å². The second-order valence-corrected chi connectivity index (χ2v) is 6.03. The quantitative estimate of drug-likeness (QED) is 0.681. The molecule has 0 aliphatic carbocycles. The van der Waals surface area contributed by atoms with E-state index in [1.807, 2.05) is 0 Å². The molecular weight excluding hydrogens is 362 g/mol. The molecule has 0 unspecified atom stereocenters. The zero-order valence-corrected chi connectivity index (χ0v) is 14.2. The molecule has 4 nitrogen and oxygen atoms in total. The molecule has 1 N–H and O–H groups in total. The summed E-state index contributed by atoms with van der Waals surface area (Å²) in [5, 5.41) is 6.68. The number of halogens is 4. The summed E-state index contributed by atoms with van der Waals surface area (Å²) in [7, 11) is 1.54. The SMILES string of the molecule is CN(Cc1ccc(C(F)(F)F)cc1)C(=O)c1cc(-c2ccc(F)cc2)n[nH]1. The Morgan fingerprint density at radius 3 is 2.30 bits per heavy atom. The highest BCUT2D eigenvalue weighted by Gasteiger charge is 2.30. The Labute approximate surface area is 152 Å². The monoisotopic (exact) mass is 377 g/mol. The number of nitrogens with one attached hydrogen (secondary N) is 1. The molecule has 2 aromatic carbocycles. The molecule has 0 aliphatic rings. The number of H-pyrrole nitrogens is 1. The Kier molecular flexibility index (Phi) is 4.98. The van der Waals surface area contributed by atoms with Crippen molar-refractivity contribution in [3.63, 3.8) is 0 Å². The number of amides is 1. The molecule has 1 aromatic heterocycles. The molecule has 3 aromatic rings. The van der Waals surface area contributed by atoms with E-state index >= 15 is 0 Å². The topological polar surface area (TPSA) is 49.0 Å². The van der Waals surface area contributed by atoms with E-state index in [0.717, 1.165) is 12.1 Å². The molecule has 0 radical (unpaired) electrons. The van der Waals surface area contributed by atoms with Crippen LogP contribution in [0.1, 0.15) is 21.6 Å². The van der Waals surface area contributed by atoms with Crippen molar-refractivity contribution in [2.24, 2.45) is 0 Å². The van der Waals surface area contributed by atoms with Crippen molar-refractivity contribution in [2.75, 3.05) is 7.05 Å². The highest BCUT2D eigenvalue weighted by Crippen LogP contribution is 2.29. The van der Waals surface area contributed by atoms with E-state index in [-0.39, 0.29) is 24.0 Å². The summed E-state index contributed by atoms with van der Waals surface area (Å²) >= 11 is 0. The fourth-order valence-electron chi connectivity index (χ4n) is 2.55. The molecule has 0 spiro atoms. The largest absolute Gasteiger partial charge is 0.416 e. The molecule has 0 saturated carbocycles. The van der Waals surface area contributed by atoms with Gasteiger partial charge in [-0.15, -0.1) is 0 Å². The van der Waals surface area contributed by atoms with Crippen LogP contribution in [0.3, 0.4) is 0 Å². The lowest BCUT2D eigenvalue weighted by molar-refractivity contribution is -0.137. The summed E-state index contributed by atoms with van der Waals surface area (Å²) in [6.07, 6.45) is -4.40. The van der Waals surface area contributed by atoms with E-state index in [1.54, 1.807) is 25.2 Å². The number of carbonyl (C=O) groups is 1. The van der Waals surface area contributed by atoms with E-state index in [2.05, 4.69) is 10.2 Å². The van der Waals surface area contributed by atoms with Crippen molar-refractivity contribution < 1.29 is 22.4 Å². The number of aromatic amines is 1.